The normalized spacial score (nSPS) is 22.3. The Balaban J connectivity index is 2.34. The number of hydrogen-bond donors (Lipinski definition) is 2. The smallest absolute Gasteiger partial charge is 0.407 e. The molecule has 2 atom stereocenters. The van der Waals surface area contributed by atoms with Crippen molar-refractivity contribution in [1.82, 2.24) is 5.32 Å². The first-order valence-corrected chi connectivity index (χ1v) is 6.62. The van der Waals surface area contributed by atoms with Crippen molar-refractivity contribution < 1.29 is 19.4 Å². The average Bonchev–Trinajstić information content (AvgIpc) is 2.27. The first-order valence-electron chi connectivity index (χ1n) is 6.62. The highest BCUT2D eigenvalue weighted by Gasteiger charge is 2.23. The summed E-state index contributed by atoms with van der Waals surface area (Å²) in [5.74, 6) is 0. The minimum Gasteiger partial charge on any atom is -0.444 e. The van der Waals surface area contributed by atoms with Gasteiger partial charge in [0.2, 0.25) is 0 Å². The van der Waals surface area contributed by atoms with Crippen LogP contribution in [0, 0.1) is 0 Å². The van der Waals surface area contributed by atoms with Crippen molar-refractivity contribution in [3.8, 4) is 0 Å². The third-order valence-corrected chi connectivity index (χ3v) is 2.76. The van der Waals surface area contributed by atoms with E-state index in [0.29, 0.717) is 6.42 Å². The van der Waals surface area contributed by atoms with Gasteiger partial charge in [-0.15, -0.1) is 0 Å². The molecule has 5 heteroatoms. The number of hydrogen-bond acceptors (Lipinski definition) is 4. The molecule has 0 bridgehead atoms. The third kappa shape index (κ3) is 6.21. The van der Waals surface area contributed by atoms with Gasteiger partial charge in [-0.3, -0.25) is 0 Å². The molecule has 0 saturated carbocycles. The van der Waals surface area contributed by atoms with Crippen molar-refractivity contribution in [1.29, 1.82) is 0 Å². The lowest BCUT2D eigenvalue weighted by Crippen LogP contribution is -2.43. The molecule has 0 aromatic heterocycles. The number of aliphatic hydroxyl groups excluding tert-OH is 1. The maximum Gasteiger partial charge on any atom is 0.407 e. The summed E-state index contributed by atoms with van der Waals surface area (Å²) < 4.78 is 10.7. The van der Waals surface area contributed by atoms with Crippen LogP contribution < -0.4 is 5.32 Å². The Labute approximate surface area is 109 Å². The zero-order chi connectivity index (χ0) is 13.6. The number of rotatable bonds is 4. The van der Waals surface area contributed by atoms with Crippen molar-refractivity contribution in [3.05, 3.63) is 0 Å². The zero-order valence-electron chi connectivity index (χ0n) is 11.6. The molecule has 0 spiro atoms. The molecule has 1 amide bonds. The van der Waals surface area contributed by atoms with Crippen LogP contribution in [-0.4, -0.2) is 42.2 Å². The lowest BCUT2D eigenvalue weighted by Gasteiger charge is -2.27. The summed E-state index contributed by atoms with van der Waals surface area (Å²) in [6, 6.07) is -0.303. The molecule has 5 nitrogen and oxygen atoms in total. The van der Waals surface area contributed by atoms with Crippen molar-refractivity contribution in [2.45, 2.75) is 64.2 Å². The highest BCUT2D eigenvalue weighted by molar-refractivity contribution is 5.68. The summed E-state index contributed by atoms with van der Waals surface area (Å²) in [5, 5.41) is 12.0. The van der Waals surface area contributed by atoms with Gasteiger partial charge < -0.3 is 19.9 Å². The second kappa shape index (κ2) is 6.95. The maximum atomic E-state index is 11.6. The highest BCUT2D eigenvalue weighted by Crippen LogP contribution is 2.17. The molecule has 1 unspecified atom stereocenters. The molecule has 1 fully saturated rings. The minimum absolute atomic E-state index is 0.0981. The van der Waals surface area contributed by atoms with Crippen molar-refractivity contribution >= 4 is 6.09 Å². The van der Waals surface area contributed by atoms with Crippen molar-refractivity contribution in [2.75, 3.05) is 13.2 Å². The summed E-state index contributed by atoms with van der Waals surface area (Å²) in [4.78, 5) is 11.6. The maximum absolute atomic E-state index is 11.6. The van der Waals surface area contributed by atoms with E-state index in [-0.39, 0.29) is 18.8 Å². The Bertz CT molecular complexity index is 256. The molecule has 106 valence electrons. The van der Waals surface area contributed by atoms with Gasteiger partial charge in [-0.1, -0.05) is 0 Å². The standard InChI is InChI=1S/C13H25NO4/c1-13(2,3)18-12(16)14-10(9-15)8-11-6-4-5-7-17-11/h10-11,15H,4-9H2,1-3H3,(H,14,16)/t10-,11?/m0/s1. The average molecular weight is 259 g/mol. The predicted octanol–water partition coefficient (Wildman–Crippen LogP) is 1.83. The molecule has 0 aliphatic carbocycles. The van der Waals surface area contributed by atoms with Crippen LogP contribution in [0.4, 0.5) is 4.79 Å². The molecule has 1 heterocycles. The lowest BCUT2D eigenvalue weighted by atomic mass is 10.0. The van der Waals surface area contributed by atoms with Crippen LogP contribution in [0.3, 0.4) is 0 Å². The van der Waals surface area contributed by atoms with Gasteiger partial charge in [0.1, 0.15) is 5.60 Å². The van der Waals surface area contributed by atoms with E-state index in [0.717, 1.165) is 25.9 Å². The second-order valence-electron chi connectivity index (χ2n) is 5.75. The lowest BCUT2D eigenvalue weighted by molar-refractivity contribution is -0.00102. The fourth-order valence-corrected chi connectivity index (χ4v) is 1.96. The van der Waals surface area contributed by atoms with Gasteiger partial charge in [0, 0.05) is 6.61 Å². The van der Waals surface area contributed by atoms with Crippen LogP contribution >= 0.6 is 0 Å². The quantitative estimate of drug-likeness (QED) is 0.808. The summed E-state index contributed by atoms with van der Waals surface area (Å²) in [5.41, 5.74) is -0.522. The van der Waals surface area contributed by atoms with Crippen molar-refractivity contribution in [3.63, 3.8) is 0 Å². The van der Waals surface area contributed by atoms with E-state index >= 15 is 0 Å². The van der Waals surface area contributed by atoms with Crippen LogP contribution in [0.15, 0.2) is 0 Å². The number of nitrogens with one attached hydrogen (secondary N) is 1. The molecular weight excluding hydrogens is 234 g/mol. The second-order valence-corrected chi connectivity index (χ2v) is 5.75. The van der Waals surface area contributed by atoms with E-state index in [2.05, 4.69) is 5.32 Å². The SMILES string of the molecule is CC(C)(C)OC(=O)N[C@H](CO)CC1CCCCO1. The van der Waals surface area contributed by atoms with Gasteiger partial charge in [0.25, 0.3) is 0 Å². The first-order chi connectivity index (χ1) is 8.40. The van der Waals surface area contributed by atoms with Crippen molar-refractivity contribution in [2.24, 2.45) is 0 Å². The molecule has 1 aliphatic rings. The molecule has 2 N–H and O–H groups in total. The summed E-state index contributed by atoms with van der Waals surface area (Å²) >= 11 is 0. The van der Waals surface area contributed by atoms with Crippen LogP contribution in [0.2, 0.25) is 0 Å². The topological polar surface area (TPSA) is 67.8 Å². The Hall–Kier alpha value is -0.810. The van der Waals surface area contributed by atoms with Gasteiger partial charge in [-0.2, -0.15) is 0 Å². The van der Waals surface area contributed by atoms with E-state index in [9.17, 15) is 9.90 Å². The Morgan fingerprint density at radius 3 is 2.72 bits per heavy atom. The van der Waals surface area contributed by atoms with E-state index < -0.39 is 11.7 Å². The van der Waals surface area contributed by atoms with Gasteiger partial charge in [0.15, 0.2) is 0 Å². The molecule has 18 heavy (non-hydrogen) atoms. The number of carbonyl (C=O) groups is 1. The fraction of sp³-hybridized carbons (Fsp3) is 0.923. The highest BCUT2D eigenvalue weighted by atomic mass is 16.6. The molecule has 1 rings (SSSR count). The third-order valence-electron chi connectivity index (χ3n) is 2.76. The molecule has 1 saturated heterocycles. The summed E-state index contributed by atoms with van der Waals surface area (Å²) in [7, 11) is 0. The van der Waals surface area contributed by atoms with Gasteiger partial charge >= 0.3 is 6.09 Å². The summed E-state index contributed by atoms with van der Waals surface area (Å²) in [6.45, 7) is 6.11. The van der Waals surface area contributed by atoms with E-state index in [4.69, 9.17) is 9.47 Å². The number of carbonyl (C=O) groups excluding carboxylic acids is 1. The van der Waals surface area contributed by atoms with E-state index in [1.54, 1.807) is 0 Å². The van der Waals surface area contributed by atoms with Gasteiger partial charge in [0.05, 0.1) is 18.8 Å². The van der Waals surface area contributed by atoms with Gasteiger partial charge in [-0.05, 0) is 46.5 Å². The van der Waals surface area contributed by atoms with Crippen LogP contribution in [0.25, 0.3) is 0 Å². The minimum atomic E-state index is -0.522. The van der Waals surface area contributed by atoms with Crippen LogP contribution in [0.5, 0.6) is 0 Å². The summed E-state index contributed by atoms with van der Waals surface area (Å²) in [6.07, 6.45) is 3.51. The molecule has 1 aliphatic heterocycles. The number of amides is 1. The monoisotopic (exact) mass is 259 g/mol. The van der Waals surface area contributed by atoms with E-state index in [1.165, 1.54) is 0 Å². The Morgan fingerprint density at radius 2 is 2.22 bits per heavy atom. The number of alkyl carbamates (subject to hydrolysis) is 1. The molecular formula is C13H25NO4. The predicted molar refractivity (Wildman–Crippen MR) is 68.5 cm³/mol. The first kappa shape index (κ1) is 15.2. The van der Waals surface area contributed by atoms with Gasteiger partial charge in [-0.25, -0.2) is 4.79 Å². The van der Waals surface area contributed by atoms with E-state index in [1.807, 2.05) is 20.8 Å². The van der Waals surface area contributed by atoms with Crippen LogP contribution in [0.1, 0.15) is 46.5 Å². The number of ether oxygens (including phenoxy) is 2. The van der Waals surface area contributed by atoms with Crippen LogP contribution in [-0.2, 0) is 9.47 Å². The Morgan fingerprint density at radius 1 is 1.50 bits per heavy atom. The largest absolute Gasteiger partial charge is 0.444 e. The number of aliphatic hydroxyl groups is 1. The Kier molecular flexibility index (Phi) is 5.88. The fourth-order valence-electron chi connectivity index (χ4n) is 1.96. The molecule has 0 aromatic rings. The zero-order valence-corrected chi connectivity index (χ0v) is 11.6. The molecule has 0 radical (unpaired) electrons. The molecule has 0 aromatic carbocycles.